The van der Waals surface area contributed by atoms with E-state index in [4.69, 9.17) is 5.73 Å². The molecule has 0 aromatic heterocycles. The minimum atomic E-state index is 0.426. The predicted molar refractivity (Wildman–Crippen MR) is 85.3 cm³/mol. The van der Waals surface area contributed by atoms with Crippen LogP contribution in [0.1, 0.15) is 50.2 Å². The molecular weight excluding hydrogens is 244 g/mol. The van der Waals surface area contributed by atoms with E-state index in [1.165, 1.54) is 44.2 Å². The Morgan fingerprint density at radius 3 is 2.90 bits per heavy atom. The molecule has 1 atom stereocenters. The number of nitrogens with two attached hydrogens (primary N) is 1. The van der Waals surface area contributed by atoms with E-state index in [2.05, 4.69) is 47.9 Å². The zero-order chi connectivity index (χ0) is 14.2. The summed E-state index contributed by atoms with van der Waals surface area (Å²) in [5.41, 5.74) is 7.97. The van der Waals surface area contributed by atoms with Gasteiger partial charge in [0, 0.05) is 18.2 Å². The van der Waals surface area contributed by atoms with Crippen molar-refractivity contribution in [1.29, 1.82) is 0 Å². The molecule has 1 aromatic rings. The second-order valence-electron chi connectivity index (χ2n) is 5.54. The first-order valence-corrected chi connectivity index (χ1v) is 7.86. The average Bonchev–Trinajstić information content (AvgIpc) is 2.71. The number of hydrogen-bond acceptors (Lipinski definition) is 2. The van der Waals surface area contributed by atoms with Crippen molar-refractivity contribution in [2.24, 2.45) is 5.73 Å². The summed E-state index contributed by atoms with van der Waals surface area (Å²) in [5, 5.41) is 0. The van der Waals surface area contributed by atoms with Gasteiger partial charge in [0.05, 0.1) is 6.54 Å². The lowest BCUT2D eigenvalue weighted by Gasteiger charge is -2.29. The number of rotatable bonds is 3. The molecule has 0 spiro atoms. The summed E-state index contributed by atoms with van der Waals surface area (Å²) < 4.78 is 0. The molecule has 1 heterocycles. The van der Waals surface area contributed by atoms with Crippen LogP contribution in [0.15, 0.2) is 24.3 Å². The molecule has 0 radical (unpaired) electrons. The van der Waals surface area contributed by atoms with Gasteiger partial charge in [-0.1, -0.05) is 49.8 Å². The van der Waals surface area contributed by atoms with Crippen molar-refractivity contribution in [3.8, 4) is 11.8 Å². The van der Waals surface area contributed by atoms with Crippen LogP contribution in [0.4, 0.5) is 0 Å². The van der Waals surface area contributed by atoms with Crippen LogP contribution in [0.3, 0.4) is 0 Å². The van der Waals surface area contributed by atoms with Gasteiger partial charge in [-0.15, -0.1) is 0 Å². The van der Waals surface area contributed by atoms with Gasteiger partial charge in [-0.05, 0) is 37.4 Å². The van der Waals surface area contributed by atoms with Gasteiger partial charge < -0.3 is 5.73 Å². The highest BCUT2D eigenvalue weighted by molar-refractivity contribution is 5.41. The molecular formula is C18H26N2. The second kappa shape index (κ2) is 8.09. The topological polar surface area (TPSA) is 29.3 Å². The van der Waals surface area contributed by atoms with Crippen LogP contribution < -0.4 is 5.73 Å². The number of hydrogen-bond donors (Lipinski definition) is 1. The zero-order valence-corrected chi connectivity index (χ0v) is 12.6. The van der Waals surface area contributed by atoms with E-state index >= 15 is 0 Å². The summed E-state index contributed by atoms with van der Waals surface area (Å²) in [6, 6.07) is 9.22. The zero-order valence-electron chi connectivity index (χ0n) is 12.6. The van der Waals surface area contributed by atoms with Crippen LogP contribution in [-0.4, -0.2) is 24.0 Å². The number of likely N-dealkylation sites (tertiary alicyclic amines) is 1. The fourth-order valence-corrected chi connectivity index (χ4v) is 3.05. The molecule has 1 fully saturated rings. The molecule has 1 unspecified atom stereocenters. The molecule has 1 aliphatic rings. The highest BCUT2D eigenvalue weighted by Crippen LogP contribution is 2.22. The molecule has 0 aliphatic carbocycles. The van der Waals surface area contributed by atoms with Crippen molar-refractivity contribution in [2.45, 2.75) is 51.6 Å². The summed E-state index contributed by atoms with van der Waals surface area (Å²) >= 11 is 0. The molecule has 2 N–H and O–H groups in total. The minimum absolute atomic E-state index is 0.426. The van der Waals surface area contributed by atoms with Gasteiger partial charge in [0.15, 0.2) is 0 Å². The van der Waals surface area contributed by atoms with Crippen LogP contribution in [-0.2, 0) is 6.54 Å². The largest absolute Gasteiger partial charge is 0.320 e. The lowest BCUT2D eigenvalue weighted by Crippen LogP contribution is -2.34. The van der Waals surface area contributed by atoms with Crippen LogP contribution in [0.5, 0.6) is 0 Å². The molecule has 2 nitrogen and oxygen atoms in total. The highest BCUT2D eigenvalue weighted by atomic mass is 15.2. The maximum absolute atomic E-state index is 5.49. The van der Waals surface area contributed by atoms with Gasteiger partial charge in [0.25, 0.3) is 0 Å². The summed E-state index contributed by atoms with van der Waals surface area (Å²) in [7, 11) is 0. The minimum Gasteiger partial charge on any atom is -0.320 e. The SMILES string of the molecule is CCC1CCCCCN1Cc1ccccc1C#CCN. The first-order chi connectivity index (χ1) is 9.85. The quantitative estimate of drug-likeness (QED) is 0.855. The molecule has 2 rings (SSSR count). The molecule has 1 aliphatic heterocycles. The Hall–Kier alpha value is -1.30. The van der Waals surface area contributed by atoms with Crippen molar-refractivity contribution < 1.29 is 0 Å². The standard InChI is InChI=1S/C18H26N2/c1-2-18-12-4-3-7-14-20(18)15-17-10-6-5-9-16(17)11-8-13-19/h5-6,9-10,18H,2-4,7,12-15,19H2,1H3. The fraction of sp³-hybridized carbons (Fsp3) is 0.556. The Kier molecular flexibility index (Phi) is 6.11. The first kappa shape index (κ1) is 15.1. The lowest BCUT2D eigenvalue weighted by molar-refractivity contribution is 0.186. The molecule has 0 bridgehead atoms. The molecule has 0 saturated carbocycles. The van der Waals surface area contributed by atoms with Crippen molar-refractivity contribution in [3.05, 3.63) is 35.4 Å². The number of nitrogens with zero attached hydrogens (tertiary/aromatic N) is 1. The fourth-order valence-electron chi connectivity index (χ4n) is 3.05. The number of benzene rings is 1. The van der Waals surface area contributed by atoms with Crippen molar-refractivity contribution in [3.63, 3.8) is 0 Å². The van der Waals surface area contributed by atoms with Gasteiger partial charge in [0.1, 0.15) is 0 Å². The van der Waals surface area contributed by atoms with E-state index in [0.29, 0.717) is 6.54 Å². The van der Waals surface area contributed by atoms with Crippen LogP contribution in [0.25, 0.3) is 0 Å². The maximum Gasteiger partial charge on any atom is 0.0555 e. The van der Waals surface area contributed by atoms with E-state index < -0.39 is 0 Å². The highest BCUT2D eigenvalue weighted by Gasteiger charge is 2.19. The third-order valence-electron chi connectivity index (χ3n) is 4.19. The molecule has 108 valence electrons. The smallest absolute Gasteiger partial charge is 0.0555 e. The van der Waals surface area contributed by atoms with Crippen LogP contribution >= 0.6 is 0 Å². The van der Waals surface area contributed by atoms with Gasteiger partial charge in [-0.2, -0.15) is 0 Å². The summed E-state index contributed by atoms with van der Waals surface area (Å²) in [5.74, 6) is 6.19. The van der Waals surface area contributed by atoms with E-state index in [0.717, 1.165) is 18.2 Å². The third kappa shape index (κ3) is 4.10. The third-order valence-corrected chi connectivity index (χ3v) is 4.19. The second-order valence-corrected chi connectivity index (χ2v) is 5.54. The Labute approximate surface area is 123 Å². The Bertz CT molecular complexity index is 470. The molecule has 0 amide bonds. The van der Waals surface area contributed by atoms with Gasteiger partial charge >= 0.3 is 0 Å². The maximum atomic E-state index is 5.49. The van der Waals surface area contributed by atoms with Gasteiger partial charge in [0.2, 0.25) is 0 Å². The van der Waals surface area contributed by atoms with Crippen molar-refractivity contribution in [1.82, 2.24) is 4.90 Å². The lowest BCUT2D eigenvalue weighted by atomic mass is 10.0. The molecule has 20 heavy (non-hydrogen) atoms. The van der Waals surface area contributed by atoms with E-state index in [1.54, 1.807) is 0 Å². The van der Waals surface area contributed by atoms with Crippen LogP contribution in [0, 0.1) is 11.8 Å². The Morgan fingerprint density at radius 2 is 2.10 bits per heavy atom. The van der Waals surface area contributed by atoms with Gasteiger partial charge in [-0.3, -0.25) is 4.90 Å². The summed E-state index contributed by atoms with van der Waals surface area (Å²) in [4.78, 5) is 2.65. The Morgan fingerprint density at radius 1 is 1.25 bits per heavy atom. The monoisotopic (exact) mass is 270 g/mol. The summed E-state index contributed by atoms with van der Waals surface area (Å²) in [6.07, 6.45) is 6.67. The van der Waals surface area contributed by atoms with Crippen molar-refractivity contribution >= 4 is 0 Å². The molecule has 2 heteroatoms. The van der Waals surface area contributed by atoms with Gasteiger partial charge in [-0.25, -0.2) is 0 Å². The first-order valence-electron chi connectivity index (χ1n) is 7.86. The van der Waals surface area contributed by atoms with E-state index in [1.807, 2.05) is 0 Å². The average molecular weight is 270 g/mol. The molecule has 1 aromatic carbocycles. The molecule has 1 saturated heterocycles. The van der Waals surface area contributed by atoms with E-state index in [-0.39, 0.29) is 0 Å². The summed E-state index contributed by atoms with van der Waals surface area (Å²) in [6.45, 7) is 4.98. The van der Waals surface area contributed by atoms with E-state index in [9.17, 15) is 0 Å². The van der Waals surface area contributed by atoms with Crippen molar-refractivity contribution in [2.75, 3.05) is 13.1 Å². The normalized spacial score (nSPS) is 20.0. The van der Waals surface area contributed by atoms with Crippen LogP contribution in [0.2, 0.25) is 0 Å². The Balaban J connectivity index is 2.15. The predicted octanol–water partition coefficient (Wildman–Crippen LogP) is 3.15.